The molecule has 1 aromatic rings. The third kappa shape index (κ3) is 3.31. The Balaban J connectivity index is 2.08. The van der Waals surface area contributed by atoms with Gasteiger partial charge in [0.15, 0.2) is 5.78 Å². The average molecular weight is 233 g/mol. The number of anilines is 1. The molecule has 1 aromatic carbocycles. The molecule has 17 heavy (non-hydrogen) atoms. The van der Waals surface area contributed by atoms with Gasteiger partial charge in [-0.05, 0) is 30.9 Å². The third-order valence-electron chi connectivity index (χ3n) is 2.83. The zero-order valence-corrected chi connectivity index (χ0v) is 9.48. The maximum Gasteiger partial charge on any atom is 0.322 e. The van der Waals surface area contributed by atoms with E-state index in [1.54, 1.807) is 24.3 Å². The van der Waals surface area contributed by atoms with E-state index in [0.29, 0.717) is 23.6 Å². The van der Waals surface area contributed by atoms with Crippen molar-refractivity contribution in [2.24, 2.45) is 5.92 Å². The largest absolute Gasteiger partial charge is 0.480 e. The normalized spacial score (nSPS) is 14.4. The van der Waals surface area contributed by atoms with Gasteiger partial charge in [0.25, 0.3) is 0 Å². The van der Waals surface area contributed by atoms with Crippen LogP contribution in [0.1, 0.15) is 29.6 Å². The predicted octanol–water partition coefficient (Wildman–Crippen LogP) is 2.17. The van der Waals surface area contributed by atoms with Gasteiger partial charge in [0.1, 0.15) is 6.54 Å². The molecule has 1 fully saturated rings. The molecule has 0 radical (unpaired) electrons. The number of carboxylic acids is 1. The van der Waals surface area contributed by atoms with Crippen molar-refractivity contribution in [2.75, 3.05) is 11.9 Å². The summed E-state index contributed by atoms with van der Waals surface area (Å²) >= 11 is 0. The monoisotopic (exact) mass is 233 g/mol. The van der Waals surface area contributed by atoms with Gasteiger partial charge in [-0.3, -0.25) is 9.59 Å². The van der Waals surface area contributed by atoms with E-state index in [2.05, 4.69) is 5.32 Å². The number of carbonyl (C=O) groups is 2. The standard InChI is InChI=1S/C13H15NO3/c15-12(7-9-5-6-9)10-3-1-2-4-11(10)14-8-13(16)17/h1-4,9,14H,5-8H2,(H,16,17). The van der Waals surface area contributed by atoms with Crippen LogP contribution in [-0.2, 0) is 4.79 Å². The average Bonchev–Trinajstić information content (AvgIpc) is 3.10. The first-order valence-electron chi connectivity index (χ1n) is 5.74. The van der Waals surface area contributed by atoms with Crippen LogP contribution in [0.4, 0.5) is 5.69 Å². The van der Waals surface area contributed by atoms with Crippen molar-refractivity contribution in [2.45, 2.75) is 19.3 Å². The summed E-state index contributed by atoms with van der Waals surface area (Å²) in [5.74, 6) is -0.300. The molecule has 2 rings (SSSR count). The Hall–Kier alpha value is -1.84. The van der Waals surface area contributed by atoms with Gasteiger partial charge < -0.3 is 10.4 Å². The molecule has 0 bridgehead atoms. The van der Waals surface area contributed by atoms with E-state index in [-0.39, 0.29) is 12.3 Å². The van der Waals surface area contributed by atoms with Crippen molar-refractivity contribution < 1.29 is 14.7 Å². The molecular weight excluding hydrogens is 218 g/mol. The minimum Gasteiger partial charge on any atom is -0.480 e. The summed E-state index contributed by atoms with van der Waals surface area (Å²) in [6, 6.07) is 7.07. The number of rotatable bonds is 6. The van der Waals surface area contributed by atoms with E-state index >= 15 is 0 Å². The number of para-hydroxylation sites is 1. The second-order valence-electron chi connectivity index (χ2n) is 4.36. The molecule has 0 atom stereocenters. The quantitative estimate of drug-likeness (QED) is 0.739. The highest BCUT2D eigenvalue weighted by Crippen LogP contribution is 2.34. The molecular formula is C13H15NO3. The molecule has 4 nitrogen and oxygen atoms in total. The highest BCUT2D eigenvalue weighted by Gasteiger charge is 2.25. The van der Waals surface area contributed by atoms with Gasteiger partial charge in [-0.2, -0.15) is 0 Å². The highest BCUT2D eigenvalue weighted by atomic mass is 16.4. The number of carbonyl (C=O) groups excluding carboxylic acids is 1. The molecule has 90 valence electrons. The number of benzene rings is 1. The Labute approximate surface area is 99.6 Å². The lowest BCUT2D eigenvalue weighted by atomic mass is 10.0. The summed E-state index contributed by atoms with van der Waals surface area (Å²) in [4.78, 5) is 22.5. The first-order chi connectivity index (χ1) is 8.16. The topological polar surface area (TPSA) is 66.4 Å². The van der Waals surface area contributed by atoms with E-state index in [0.717, 1.165) is 12.8 Å². The van der Waals surface area contributed by atoms with Crippen molar-refractivity contribution in [3.8, 4) is 0 Å². The van der Waals surface area contributed by atoms with Crippen LogP contribution in [0.5, 0.6) is 0 Å². The van der Waals surface area contributed by atoms with Gasteiger partial charge in [0.05, 0.1) is 0 Å². The highest BCUT2D eigenvalue weighted by molar-refractivity contribution is 6.01. The number of hydrogen-bond donors (Lipinski definition) is 2. The first-order valence-corrected chi connectivity index (χ1v) is 5.74. The number of nitrogens with one attached hydrogen (secondary N) is 1. The molecule has 0 aromatic heterocycles. The van der Waals surface area contributed by atoms with E-state index < -0.39 is 5.97 Å². The van der Waals surface area contributed by atoms with Crippen LogP contribution in [0.15, 0.2) is 24.3 Å². The van der Waals surface area contributed by atoms with Gasteiger partial charge in [-0.15, -0.1) is 0 Å². The van der Waals surface area contributed by atoms with Crippen LogP contribution < -0.4 is 5.32 Å². The van der Waals surface area contributed by atoms with Crippen LogP contribution in [0.2, 0.25) is 0 Å². The Morgan fingerprint density at radius 3 is 2.65 bits per heavy atom. The zero-order chi connectivity index (χ0) is 12.3. The molecule has 1 saturated carbocycles. The lowest BCUT2D eigenvalue weighted by Crippen LogP contribution is -2.15. The first kappa shape index (κ1) is 11.6. The lowest BCUT2D eigenvalue weighted by molar-refractivity contribution is -0.134. The Morgan fingerprint density at radius 1 is 1.29 bits per heavy atom. The SMILES string of the molecule is O=C(O)CNc1ccccc1C(=O)CC1CC1. The smallest absolute Gasteiger partial charge is 0.322 e. The number of hydrogen-bond acceptors (Lipinski definition) is 3. The van der Waals surface area contributed by atoms with Crippen LogP contribution in [0.25, 0.3) is 0 Å². The fraction of sp³-hybridized carbons (Fsp3) is 0.385. The summed E-state index contributed by atoms with van der Waals surface area (Å²) in [7, 11) is 0. The second kappa shape index (κ2) is 4.99. The summed E-state index contributed by atoms with van der Waals surface area (Å²) in [6.45, 7) is -0.173. The predicted molar refractivity (Wildman–Crippen MR) is 64.2 cm³/mol. The molecule has 0 aliphatic heterocycles. The molecule has 2 N–H and O–H groups in total. The van der Waals surface area contributed by atoms with E-state index in [9.17, 15) is 9.59 Å². The van der Waals surface area contributed by atoms with Crippen molar-refractivity contribution in [1.29, 1.82) is 0 Å². The van der Waals surface area contributed by atoms with Crippen molar-refractivity contribution in [1.82, 2.24) is 0 Å². The fourth-order valence-electron chi connectivity index (χ4n) is 1.75. The van der Waals surface area contributed by atoms with Crippen LogP contribution in [-0.4, -0.2) is 23.4 Å². The van der Waals surface area contributed by atoms with E-state index in [4.69, 9.17) is 5.11 Å². The van der Waals surface area contributed by atoms with Crippen LogP contribution in [0, 0.1) is 5.92 Å². The van der Waals surface area contributed by atoms with Crippen molar-refractivity contribution in [3.63, 3.8) is 0 Å². The van der Waals surface area contributed by atoms with Gasteiger partial charge in [0, 0.05) is 17.7 Å². The van der Waals surface area contributed by atoms with Gasteiger partial charge in [0.2, 0.25) is 0 Å². The van der Waals surface area contributed by atoms with Crippen LogP contribution >= 0.6 is 0 Å². The number of Topliss-reactive ketones (excluding diaryl/α,β-unsaturated/α-hetero) is 1. The summed E-state index contributed by atoms with van der Waals surface area (Å²) < 4.78 is 0. The molecule has 0 unspecified atom stereocenters. The number of aliphatic carboxylic acids is 1. The number of ketones is 1. The third-order valence-corrected chi connectivity index (χ3v) is 2.83. The molecule has 0 saturated heterocycles. The summed E-state index contributed by atoms with van der Waals surface area (Å²) in [6.07, 6.45) is 2.85. The molecule has 0 amide bonds. The molecule has 0 spiro atoms. The van der Waals surface area contributed by atoms with Crippen molar-refractivity contribution >= 4 is 17.4 Å². The minimum atomic E-state index is -0.936. The van der Waals surface area contributed by atoms with E-state index in [1.165, 1.54) is 0 Å². The Bertz CT molecular complexity index is 438. The zero-order valence-electron chi connectivity index (χ0n) is 9.48. The Kier molecular flexibility index (Phi) is 3.42. The molecule has 1 aliphatic rings. The van der Waals surface area contributed by atoms with Crippen molar-refractivity contribution in [3.05, 3.63) is 29.8 Å². The summed E-state index contributed by atoms with van der Waals surface area (Å²) in [5.41, 5.74) is 1.21. The maximum atomic E-state index is 12.0. The summed E-state index contributed by atoms with van der Waals surface area (Å²) in [5, 5.41) is 11.4. The second-order valence-corrected chi connectivity index (χ2v) is 4.36. The maximum absolute atomic E-state index is 12.0. The van der Waals surface area contributed by atoms with Gasteiger partial charge >= 0.3 is 5.97 Å². The van der Waals surface area contributed by atoms with Crippen LogP contribution in [0.3, 0.4) is 0 Å². The van der Waals surface area contributed by atoms with Gasteiger partial charge in [-0.25, -0.2) is 0 Å². The minimum absolute atomic E-state index is 0.0981. The van der Waals surface area contributed by atoms with E-state index in [1.807, 2.05) is 0 Å². The van der Waals surface area contributed by atoms with Gasteiger partial charge in [-0.1, -0.05) is 12.1 Å². The molecule has 1 aliphatic carbocycles. The fourth-order valence-corrected chi connectivity index (χ4v) is 1.75. The lowest BCUT2D eigenvalue weighted by Gasteiger charge is -2.09. The Morgan fingerprint density at radius 2 is 2.00 bits per heavy atom. The molecule has 4 heteroatoms. The number of carboxylic acid groups (broad SMARTS) is 1. The molecule has 0 heterocycles.